The van der Waals surface area contributed by atoms with Gasteiger partial charge < -0.3 is 20.1 Å². The topological polar surface area (TPSA) is 59.6 Å². The van der Waals surface area contributed by atoms with Crippen molar-refractivity contribution in [2.75, 3.05) is 19.0 Å². The molecule has 2 N–H and O–H groups in total. The van der Waals surface area contributed by atoms with E-state index in [2.05, 4.69) is 10.6 Å². The summed E-state index contributed by atoms with van der Waals surface area (Å²) in [5.74, 6) is 0.698. The van der Waals surface area contributed by atoms with Crippen molar-refractivity contribution in [2.24, 2.45) is 5.92 Å². The molecule has 1 aliphatic carbocycles. The number of amides is 2. The van der Waals surface area contributed by atoms with Gasteiger partial charge in [0.15, 0.2) is 0 Å². The first-order valence-electron chi connectivity index (χ1n) is 8.13. The van der Waals surface area contributed by atoms with Crippen LogP contribution in [0, 0.1) is 5.92 Å². The van der Waals surface area contributed by atoms with Gasteiger partial charge in [-0.3, -0.25) is 0 Å². The normalized spacial score (nSPS) is 24.3. The Kier molecular flexibility index (Phi) is 5.41. The van der Waals surface area contributed by atoms with Crippen LogP contribution in [0.4, 0.5) is 10.5 Å². The number of hydrogen-bond donors (Lipinski definition) is 2. The Morgan fingerprint density at radius 3 is 2.96 bits per heavy atom. The van der Waals surface area contributed by atoms with Crippen molar-refractivity contribution in [1.82, 2.24) is 5.32 Å². The number of benzene rings is 1. The van der Waals surface area contributed by atoms with Crippen LogP contribution in [0.15, 0.2) is 18.2 Å². The lowest BCUT2D eigenvalue weighted by Crippen LogP contribution is -2.44. The molecule has 6 heteroatoms. The summed E-state index contributed by atoms with van der Waals surface area (Å²) in [6.45, 7) is 1.08. The highest BCUT2D eigenvalue weighted by Crippen LogP contribution is 2.38. The van der Waals surface area contributed by atoms with Gasteiger partial charge in [-0.05, 0) is 43.7 Å². The zero-order valence-electron chi connectivity index (χ0n) is 13.3. The fraction of sp³-hybridized carbons (Fsp3) is 0.588. The number of urea groups is 1. The van der Waals surface area contributed by atoms with Crippen LogP contribution < -0.4 is 10.6 Å². The number of carbonyl (C=O) groups excluding carboxylic acids is 1. The minimum atomic E-state index is -0.203. The van der Waals surface area contributed by atoms with Crippen molar-refractivity contribution in [3.05, 3.63) is 28.8 Å². The van der Waals surface area contributed by atoms with Gasteiger partial charge in [0, 0.05) is 36.0 Å². The summed E-state index contributed by atoms with van der Waals surface area (Å²) in [6.07, 6.45) is 4.58. The summed E-state index contributed by atoms with van der Waals surface area (Å²) < 4.78 is 10.9. The molecule has 2 amide bonds. The molecular weight excluding hydrogens is 316 g/mol. The molecule has 1 heterocycles. The van der Waals surface area contributed by atoms with E-state index in [1.54, 1.807) is 13.2 Å². The Balaban J connectivity index is 1.57. The van der Waals surface area contributed by atoms with E-state index in [1.807, 2.05) is 12.1 Å². The van der Waals surface area contributed by atoms with Crippen molar-refractivity contribution in [3.8, 4) is 0 Å². The summed E-state index contributed by atoms with van der Waals surface area (Å²) in [7, 11) is 1.60. The molecule has 0 spiro atoms. The maximum atomic E-state index is 12.3. The van der Waals surface area contributed by atoms with Crippen molar-refractivity contribution in [1.29, 1.82) is 0 Å². The van der Waals surface area contributed by atoms with E-state index >= 15 is 0 Å². The van der Waals surface area contributed by atoms with Crippen LogP contribution in [-0.4, -0.2) is 31.9 Å². The lowest BCUT2D eigenvalue weighted by molar-refractivity contribution is -0.00889. The van der Waals surface area contributed by atoms with Gasteiger partial charge in [-0.2, -0.15) is 0 Å². The number of carbonyl (C=O) groups is 1. The van der Waals surface area contributed by atoms with E-state index in [9.17, 15) is 4.79 Å². The van der Waals surface area contributed by atoms with E-state index in [4.69, 9.17) is 21.1 Å². The van der Waals surface area contributed by atoms with E-state index < -0.39 is 0 Å². The quantitative estimate of drug-likeness (QED) is 0.863. The largest absolute Gasteiger partial charge is 0.380 e. The third kappa shape index (κ3) is 4.37. The fourth-order valence-electron chi connectivity index (χ4n) is 3.07. The molecule has 1 aromatic rings. The maximum absolute atomic E-state index is 12.3. The Morgan fingerprint density at radius 1 is 1.39 bits per heavy atom. The van der Waals surface area contributed by atoms with Crippen LogP contribution in [0.3, 0.4) is 0 Å². The number of hydrogen-bond acceptors (Lipinski definition) is 3. The Bertz CT molecular complexity index is 563. The molecule has 2 atom stereocenters. The Morgan fingerprint density at radius 2 is 2.22 bits per heavy atom. The standard InChI is InChI=1S/C17H23ClN2O3/c1-22-10-13-14(18)3-2-4-15(13)20-17(21)19-12-7-8-23-16(9-12)11-5-6-11/h2-4,11-12,16H,5-10H2,1H3,(H2,19,20,21)/t12-,16-/m0/s1. The van der Waals surface area contributed by atoms with Gasteiger partial charge in [0.05, 0.1) is 12.7 Å². The second-order valence-corrected chi connectivity index (χ2v) is 6.67. The average Bonchev–Trinajstić information content (AvgIpc) is 3.36. The summed E-state index contributed by atoms with van der Waals surface area (Å²) in [5, 5.41) is 6.53. The highest BCUT2D eigenvalue weighted by atomic mass is 35.5. The second-order valence-electron chi connectivity index (χ2n) is 6.27. The summed E-state index contributed by atoms with van der Waals surface area (Å²) in [4.78, 5) is 12.3. The zero-order chi connectivity index (χ0) is 16.2. The zero-order valence-corrected chi connectivity index (χ0v) is 14.1. The van der Waals surface area contributed by atoms with E-state index in [-0.39, 0.29) is 12.1 Å². The predicted molar refractivity (Wildman–Crippen MR) is 89.8 cm³/mol. The molecule has 0 bridgehead atoms. The smallest absolute Gasteiger partial charge is 0.319 e. The monoisotopic (exact) mass is 338 g/mol. The predicted octanol–water partition coefficient (Wildman–Crippen LogP) is 3.57. The van der Waals surface area contributed by atoms with Gasteiger partial charge >= 0.3 is 6.03 Å². The van der Waals surface area contributed by atoms with E-state index in [1.165, 1.54) is 12.8 Å². The van der Waals surface area contributed by atoms with Crippen molar-refractivity contribution >= 4 is 23.3 Å². The molecule has 1 saturated carbocycles. The Labute approximate surface area is 141 Å². The van der Waals surface area contributed by atoms with Crippen LogP contribution in [0.25, 0.3) is 0 Å². The van der Waals surface area contributed by atoms with Crippen LogP contribution >= 0.6 is 11.6 Å². The van der Waals surface area contributed by atoms with E-state index in [0.717, 1.165) is 25.0 Å². The minimum absolute atomic E-state index is 0.166. The highest BCUT2D eigenvalue weighted by Gasteiger charge is 2.36. The molecule has 1 aromatic carbocycles. The lowest BCUT2D eigenvalue weighted by Gasteiger charge is -2.30. The average molecular weight is 339 g/mol. The molecule has 2 aliphatic rings. The van der Waals surface area contributed by atoms with Gasteiger partial charge in [-0.25, -0.2) is 4.79 Å². The third-order valence-electron chi connectivity index (χ3n) is 4.45. The number of nitrogens with one attached hydrogen (secondary N) is 2. The van der Waals surface area contributed by atoms with Crippen LogP contribution in [-0.2, 0) is 16.1 Å². The number of anilines is 1. The third-order valence-corrected chi connectivity index (χ3v) is 4.81. The maximum Gasteiger partial charge on any atom is 0.319 e. The fourth-order valence-corrected chi connectivity index (χ4v) is 3.30. The molecule has 2 fully saturated rings. The molecule has 3 rings (SSSR count). The minimum Gasteiger partial charge on any atom is -0.380 e. The summed E-state index contributed by atoms with van der Waals surface area (Å²) in [6, 6.07) is 5.40. The van der Waals surface area contributed by atoms with Crippen molar-refractivity contribution in [2.45, 2.75) is 44.4 Å². The van der Waals surface area contributed by atoms with Crippen LogP contribution in [0.2, 0.25) is 5.02 Å². The number of methoxy groups -OCH3 is 1. The molecule has 1 saturated heterocycles. The van der Waals surface area contributed by atoms with Crippen molar-refractivity contribution < 1.29 is 14.3 Å². The highest BCUT2D eigenvalue weighted by molar-refractivity contribution is 6.31. The first-order valence-corrected chi connectivity index (χ1v) is 8.50. The molecule has 1 aliphatic heterocycles. The first-order chi connectivity index (χ1) is 11.2. The van der Waals surface area contributed by atoms with Crippen molar-refractivity contribution in [3.63, 3.8) is 0 Å². The SMILES string of the molecule is COCc1c(Cl)cccc1NC(=O)N[C@H]1CCO[C@H](C2CC2)C1. The van der Waals surface area contributed by atoms with Gasteiger partial charge in [0.2, 0.25) is 0 Å². The number of ether oxygens (including phenoxy) is 2. The molecular formula is C17H23ClN2O3. The van der Waals surface area contributed by atoms with Crippen LogP contribution in [0.5, 0.6) is 0 Å². The Hall–Kier alpha value is -1.30. The number of rotatable bonds is 5. The van der Waals surface area contributed by atoms with Crippen LogP contribution in [0.1, 0.15) is 31.2 Å². The van der Waals surface area contributed by atoms with E-state index in [0.29, 0.717) is 29.3 Å². The lowest BCUT2D eigenvalue weighted by atomic mass is 10.0. The van der Waals surface area contributed by atoms with Gasteiger partial charge in [0.25, 0.3) is 0 Å². The molecule has 126 valence electrons. The van der Waals surface area contributed by atoms with Gasteiger partial charge in [0.1, 0.15) is 0 Å². The second kappa shape index (κ2) is 7.51. The van der Waals surface area contributed by atoms with Gasteiger partial charge in [-0.15, -0.1) is 0 Å². The summed E-state index contributed by atoms with van der Waals surface area (Å²) >= 11 is 6.18. The molecule has 0 unspecified atom stereocenters. The first kappa shape index (κ1) is 16.6. The summed E-state index contributed by atoms with van der Waals surface area (Å²) in [5.41, 5.74) is 1.47. The molecule has 0 aromatic heterocycles. The molecule has 23 heavy (non-hydrogen) atoms. The molecule has 0 radical (unpaired) electrons. The number of halogens is 1. The van der Waals surface area contributed by atoms with Gasteiger partial charge in [-0.1, -0.05) is 17.7 Å². The molecule has 5 nitrogen and oxygen atoms in total.